The second-order valence-corrected chi connectivity index (χ2v) is 7.40. The molecule has 1 aromatic carbocycles. The Balaban J connectivity index is 1.70. The topological polar surface area (TPSA) is 88.8 Å². The SMILES string of the molecule is CCC(NC(=O)c1ccccc1SCc1occc1C(=O)O)C1CCCO1. The summed E-state index contributed by atoms with van der Waals surface area (Å²) < 4.78 is 11.0. The van der Waals surface area contributed by atoms with E-state index in [4.69, 9.17) is 9.15 Å². The summed E-state index contributed by atoms with van der Waals surface area (Å²) in [6, 6.07) is 8.74. The van der Waals surface area contributed by atoms with Crippen molar-refractivity contribution in [2.75, 3.05) is 6.61 Å². The van der Waals surface area contributed by atoms with Gasteiger partial charge in [0.2, 0.25) is 0 Å². The predicted molar refractivity (Wildman–Crippen MR) is 102 cm³/mol. The molecule has 0 aliphatic carbocycles. The lowest BCUT2D eigenvalue weighted by Crippen LogP contribution is -2.42. The van der Waals surface area contributed by atoms with E-state index >= 15 is 0 Å². The number of nitrogens with one attached hydrogen (secondary N) is 1. The van der Waals surface area contributed by atoms with Crippen molar-refractivity contribution in [2.24, 2.45) is 0 Å². The van der Waals surface area contributed by atoms with Gasteiger partial charge in [-0.05, 0) is 37.5 Å². The summed E-state index contributed by atoms with van der Waals surface area (Å²) in [7, 11) is 0. The number of benzene rings is 1. The van der Waals surface area contributed by atoms with Crippen LogP contribution in [0.25, 0.3) is 0 Å². The number of hydrogen-bond acceptors (Lipinski definition) is 5. The smallest absolute Gasteiger partial charge is 0.339 e. The lowest BCUT2D eigenvalue weighted by Gasteiger charge is -2.23. The fourth-order valence-electron chi connectivity index (χ4n) is 3.19. The summed E-state index contributed by atoms with van der Waals surface area (Å²) in [6.07, 6.45) is 4.23. The number of thioether (sulfide) groups is 1. The molecule has 144 valence electrons. The molecule has 1 fully saturated rings. The first-order chi connectivity index (χ1) is 13.1. The third-order valence-electron chi connectivity index (χ3n) is 4.64. The number of rotatable bonds is 8. The molecule has 0 radical (unpaired) electrons. The summed E-state index contributed by atoms with van der Waals surface area (Å²) in [5.41, 5.74) is 0.719. The molecule has 3 rings (SSSR count). The number of furan rings is 1. The lowest BCUT2D eigenvalue weighted by molar-refractivity contribution is 0.0663. The number of ether oxygens (including phenoxy) is 1. The van der Waals surface area contributed by atoms with E-state index in [-0.39, 0.29) is 23.6 Å². The monoisotopic (exact) mass is 389 g/mol. The highest BCUT2D eigenvalue weighted by Crippen LogP contribution is 2.28. The lowest BCUT2D eigenvalue weighted by atomic mass is 10.0. The van der Waals surface area contributed by atoms with Crippen LogP contribution in [0.4, 0.5) is 0 Å². The summed E-state index contributed by atoms with van der Waals surface area (Å²) >= 11 is 1.38. The molecular formula is C20H23NO5S. The maximum atomic E-state index is 12.8. The molecule has 0 bridgehead atoms. The maximum absolute atomic E-state index is 12.8. The van der Waals surface area contributed by atoms with Crippen LogP contribution in [0.5, 0.6) is 0 Å². The van der Waals surface area contributed by atoms with Crippen LogP contribution in [0.15, 0.2) is 45.9 Å². The molecule has 1 aliphatic heterocycles. The second-order valence-electron chi connectivity index (χ2n) is 6.39. The van der Waals surface area contributed by atoms with E-state index in [1.165, 1.54) is 24.1 Å². The highest BCUT2D eigenvalue weighted by Gasteiger charge is 2.27. The molecule has 1 amide bonds. The first-order valence-electron chi connectivity index (χ1n) is 9.04. The van der Waals surface area contributed by atoms with E-state index in [1.54, 1.807) is 6.07 Å². The zero-order valence-corrected chi connectivity index (χ0v) is 16.0. The fourth-order valence-corrected chi connectivity index (χ4v) is 4.19. The molecule has 2 heterocycles. The first-order valence-corrected chi connectivity index (χ1v) is 10.0. The van der Waals surface area contributed by atoms with Crippen LogP contribution in [-0.2, 0) is 10.5 Å². The molecule has 27 heavy (non-hydrogen) atoms. The van der Waals surface area contributed by atoms with Crippen LogP contribution in [0.3, 0.4) is 0 Å². The predicted octanol–water partition coefficient (Wildman–Crippen LogP) is 3.96. The van der Waals surface area contributed by atoms with Gasteiger partial charge in [-0.2, -0.15) is 0 Å². The van der Waals surface area contributed by atoms with Crippen LogP contribution < -0.4 is 5.32 Å². The minimum Gasteiger partial charge on any atom is -0.478 e. The number of hydrogen-bond donors (Lipinski definition) is 2. The van der Waals surface area contributed by atoms with Crippen molar-refractivity contribution in [3.05, 3.63) is 53.5 Å². The zero-order chi connectivity index (χ0) is 19.2. The van der Waals surface area contributed by atoms with Crippen molar-refractivity contribution < 1.29 is 23.8 Å². The van der Waals surface area contributed by atoms with Gasteiger partial charge in [-0.3, -0.25) is 4.79 Å². The van der Waals surface area contributed by atoms with Gasteiger partial charge in [0, 0.05) is 11.5 Å². The standard InChI is InChI=1S/C20H23NO5S/c1-2-15(16-7-5-10-25-16)21-19(22)14-6-3-4-8-18(14)27-12-17-13(20(23)24)9-11-26-17/h3-4,6,8-9,11,15-16H,2,5,7,10,12H2,1H3,(H,21,22)(H,23,24). The van der Waals surface area contributed by atoms with Crippen LogP contribution in [0.2, 0.25) is 0 Å². The first kappa shape index (κ1) is 19.5. The summed E-state index contributed by atoms with van der Waals surface area (Å²) in [6.45, 7) is 2.79. The van der Waals surface area contributed by atoms with Crippen LogP contribution in [-0.4, -0.2) is 35.7 Å². The number of carbonyl (C=O) groups is 2. The van der Waals surface area contributed by atoms with Gasteiger partial charge in [-0.15, -0.1) is 11.8 Å². The van der Waals surface area contributed by atoms with Gasteiger partial charge < -0.3 is 19.6 Å². The van der Waals surface area contributed by atoms with Gasteiger partial charge in [0.25, 0.3) is 5.91 Å². The highest BCUT2D eigenvalue weighted by molar-refractivity contribution is 7.98. The Kier molecular flexibility index (Phi) is 6.58. The second kappa shape index (κ2) is 9.10. The third kappa shape index (κ3) is 4.73. The normalized spacial score (nSPS) is 17.6. The summed E-state index contributed by atoms with van der Waals surface area (Å²) in [4.78, 5) is 24.8. The largest absolute Gasteiger partial charge is 0.478 e. The van der Waals surface area contributed by atoms with Crippen LogP contribution in [0, 0.1) is 0 Å². The third-order valence-corrected chi connectivity index (χ3v) is 5.71. The van der Waals surface area contributed by atoms with E-state index in [1.807, 2.05) is 25.1 Å². The minimum atomic E-state index is -1.02. The van der Waals surface area contributed by atoms with E-state index in [9.17, 15) is 14.7 Å². The molecule has 1 saturated heterocycles. The quantitative estimate of drug-likeness (QED) is 0.665. The van der Waals surface area contributed by atoms with E-state index < -0.39 is 5.97 Å². The van der Waals surface area contributed by atoms with Gasteiger partial charge in [0.1, 0.15) is 11.3 Å². The van der Waals surface area contributed by atoms with Crippen molar-refractivity contribution in [1.29, 1.82) is 0 Å². The fraction of sp³-hybridized carbons (Fsp3) is 0.400. The Morgan fingerprint density at radius 3 is 2.81 bits per heavy atom. The number of carboxylic acid groups (broad SMARTS) is 1. The van der Waals surface area contributed by atoms with E-state index in [0.29, 0.717) is 17.1 Å². The van der Waals surface area contributed by atoms with Gasteiger partial charge >= 0.3 is 5.97 Å². The number of aromatic carboxylic acids is 1. The minimum absolute atomic E-state index is 0.0123. The van der Waals surface area contributed by atoms with Gasteiger partial charge in [-0.1, -0.05) is 19.1 Å². The summed E-state index contributed by atoms with van der Waals surface area (Å²) in [5, 5.41) is 12.3. The Bertz CT molecular complexity index is 797. The van der Waals surface area contributed by atoms with E-state index in [0.717, 1.165) is 30.8 Å². The van der Waals surface area contributed by atoms with Crippen molar-refractivity contribution >= 4 is 23.6 Å². The molecule has 7 heteroatoms. The zero-order valence-electron chi connectivity index (χ0n) is 15.1. The number of carboxylic acids is 1. The molecule has 2 aromatic rings. The average molecular weight is 389 g/mol. The number of carbonyl (C=O) groups excluding carboxylic acids is 1. The highest BCUT2D eigenvalue weighted by atomic mass is 32.2. The van der Waals surface area contributed by atoms with Crippen LogP contribution >= 0.6 is 11.8 Å². The molecular weight excluding hydrogens is 366 g/mol. The molecule has 0 spiro atoms. The van der Waals surface area contributed by atoms with Crippen molar-refractivity contribution in [3.8, 4) is 0 Å². The Morgan fingerprint density at radius 1 is 1.30 bits per heavy atom. The van der Waals surface area contributed by atoms with Crippen molar-refractivity contribution in [2.45, 2.75) is 49.0 Å². The molecule has 2 N–H and O–H groups in total. The molecule has 6 nitrogen and oxygen atoms in total. The molecule has 1 aliphatic rings. The van der Waals surface area contributed by atoms with Gasteiger partial charge in [-0.25, -0.2) is 4.79 Å². The van der Waals surface area contributed by atoms with Crippen LogP contribution in [0.1, 0.15) is 52.7 Å². The Morgan fingerprint density at radius 2 is 2.11 bits per heavy atom. The average Bonchev–Trinajstić information content (AvgIpc) is 3.36. The Labute approximate surface area is 162 Å². The van der Waals surface area contributed by atoms with E-state index in [2.05, 4.69) is 5.32 Å². The molecule has 0 saturated carbocycles. The summed E-state index contributed by atoms with van der Waals surface area (Å²) in [5.74, 6) is -0.443. The molecule has 2 unspecified atom stereocenters. The van der Waals surface area contributed by atoms with Crippen molar-refractivity contribution in [1.82, 2.24) is 5.32 Å². The molecule has 1 aromatic heterocycles. The Hall–Kier alpha value is -2.25. The van der Waals surface area contributed by atoms with Gasteiger partial charge in [0.15, 0.2) is 0 Å². The molecule has 2 atom stereocenters. The maximum Gasteiger partial charge on any atom is 0.339 e. The van der Waals surface area contributed by atoms with Gasteiger partial charge in [0.05, 0.1) is 29.7 Å². The van der Waals surface area contributed by atoms with Crippen molar-refractivity contribution in [3.63, 3.8) is 0 Å². The number of amides is 1.